The molecule has 0 unspecified atom stereocenters. The second kappa shape index (κ2) is 5.73. The Kier molecular flexibility index (Phi) is 4.04. The van der Waals surface area contributed by atoms with Gasteiger partial charge in [-0.3, -0.25) is 9.59 Å². The molecule has 4 nitrogen and oxygen atoms in total. The van der Waals surface area contributed by atoms with Crippen molar-refractivity contribution in [1.29, 1.82) is 0 Å². The van der Waals surface area contributed by atoms with Gasteiger partial charge in [-0.1, -0.05) is 25.1 Å². The van der Waals surface area contributed by atoms with Crippen molar-refractivity contribution in [2.75, 3.05) is 11.6 Å². The lowest BCUT2D eigenvalue weighted by Gasteiger charge is -2.04. The highest BCUT2D eigenvalue weighted by molar-refractivity contribution is 7.99. The molecule has 94 valence electrons. The Bertz CT molecular complexity index is 622. The van der Waals surface area contributed by atoms with Crippen molar-refractivity contribution in [2.45, 2.75) is 6.92 Å². The van der Waals surface area contributed by atoms with Crippen molar-refractivity contribution >= 4 is 28.6 Å². The predicted molar refractivity (Wildman–Crippen MR) is 75.0 cm³/mol. The smallest absolute Gasteiger partial charge is 0.261 e. The number of amides is 1. The molecular formula is C13H14N2O2S. The van der Waals surface area contributed by atoms with E-state index in [0.29, 0.717) is 5.88 Å². The molecule has 0 fully saturated rings. The fraction of sp³-hybridized carbons (Fsp3) is 0.231. The molecule has 0 aliphatic heterocycles. The maximum atomic E-state index is 11.8. The highest BCUT2D eigenvalue weighted by Crippen LogP contribution is 2.10. The molecule has 2 N–H and O–H groups in total. The van der Waals surface area contributed by atoms with E-state index in [1.54, 1.807) is 17.8 Å². The summed E-state index contributed by atoms with van der Waals surface area (Å²) >= 11 is 1.60. The van der Waals surface area contributed by atoms with E-state index in [9.17, 15) is 9.59 Å². The van der Waals surface area contributed by atoms with Crippen LogP contribution in [-0.4, -0.2) is 22.5 Å². The topological polar surface area (TPSA) is 62.0 Å². The molecule has 0 spiro atoms. The molecule has 1 heterocycles. The number of aromatic amines is 1. The van der Waals surface area contributed by atoms with Crippen molar-refractivity contribution in [3.63, 3.8) is 0 Å². The van der Waals surface area contributed by atoms with Crippen molar-refractivity contribution in [3.05, 3.63) is 46.2 Å². The maximum absolute atomic E-state index is 11.8. The summed E-state index contributed by atoms with van der Waals surface area (Å²) in [5.74, 6) is 1.11. The second-order valence-corrected chi connectivity index (χ2v) is 5.02. The second-order valence-electron chi connectivity index (χ2n) is 3.74. The number of hydrogen-bond donors (Lipinski definition) is 2. The van der Waals surface area contributed by atoms with E-state index >= 15 is 0 Å². The number of para-hydroxylation sites is 1. The van der Waals surface area contributed by atoms with E-state index in [4.69, 9.17) is 0 Å². The van der Waals surface area contributed by atoms with Gasteiger partial charge in [-0.2, -0.15) is 0 Å². The molecule has 2 aromatic rings. The van der Waals surface area contributed by atoms with Crippen LogP contribution in [0.1, 0.15) is 17.3 Å². The molecule has 0 aliphatic carbocycles. The molecule has 0 aliphatic rings. The van der Waals surface area contributed by atoms with Crippen LogP contribution in [0.3, 0.4) is 0 Å². The third-order valence-electron chi connectivity index (χ3n) is 2.54. The Labute approximate surface area is 109 Å². The first kappa shape index (κ1) is 12.7. The van der Waals surface area contributed by atoms with E-state index in [0.717, 1.165) is 16.7 Å². The van der Waals surface area contributed by atoms with Crippen LogP contribution < -0.4 is 10.9 Å². The van der Waals surface area contributed by atoms with E-state index in [2.05, 4.69) is 10.3 Å². The van der Waals surface area contributed by atoms with Gasteiger partial charge in [-0.05, 0) is 23.3 Å². The zero-order valence-corrected chi connectivity index (χ0v) is 10.8. The number of fused-ring (bicyclic) bond motifs is 1. The molecule has 0 saturated heterocycles. The lowest BCUT2D eigenvalue weighted by atomic mass is 10.1. The first-order chi connectivity index (χ1) is 8.72. The van der Waals surface area contributed by atoms with Crippen molar-refractivity contribution < 1.29 is 4.79 Å². The van der Waals surface area contributed by atoms with Crippen molar-refractivity contribution in [3.8, 4) is 0 Å². The summed E-state index contributed by atoms with van der Waals surface area (Å²) in [4.78, 5) is 26.3. The van der Waals surface area contributed by atoms with E-state index < -0.39 is 0 Å². The van der Waals surface area contributed by atoms with Gasteiger partial charge in [0.25, 0.3) is 11.5 Å². The summed E-state index contributed by atoms with van der Waals surface area (Å²) < 4.78 is 0. The molecule has 1 aromatic heterocycles. The first-order valence-corrected chi connectivity index (χ1v) is 6.86. The van der Waals surface area contributed by atoms with Crippen LogP contribution in [0, 0.1) is 0 Å². The van der Waals surface area contributed by atoms with Crippen LogP contribution in [0.4, 0.5) is 0 Å². The maximum Gasteiger partial charge on any atom is 0.261 e. The number of hydrogen-bond acceptors (Lipinski definition) is 3. The van der Waals surface area contributed by atoms with Gasteiger partial charge in [-0.25, -0.2) is 0 Å². The average molecular weight is 262 g/mol. The number of aromatic nitrogens is 1. The van der Waals surface area contributed by atoms with Gasteiger partial charge in [0.15, 0.2) is 0 Å². The number of carbonyl (C=O) groups is 1. The average Bonchev–Trinajstić information content (AvgIpc) is 2.38. The lowest BCUT2D eigenvalue weighted by Crippen LogP contribution is -2.29. The predicted octanol–water partition coefficient (Wildman–Crippen LogP) is 1.97. The van der Waals surface area contributed by atoms with Crippen LogP contribution in [-0.2, 0) is 0 Å². The summed E-state index contributed by atoms with van der Waals surface area (Å²) in [5, 5.41) is 3.56. The first-order valence-electron chi connectivity index (χ1n) is 5.70. The minimum Gasteiger partial charge on any atom is -0.343 e. The van der Waals surface area contributed by atoms with Crippen LogP contribution in [0.25, 0.3) is 10.9 Å². The van der Waals surface area contributed by atoms with Crippen LogP contribution in [0.2, 0.25) is 0 Å². The van der Waals surface area contributed by atoms with E-state index in [1.807, 2.05) is 31.2 Å². The normalized spacial score (nSPS) is 10.5. The monoisotopic (exact) mass is 262 g/mol. The number of thioether (sulfide) groups is 1. The third-order valence-corrected chi connectivity index (χ3v) is 3.29. The summed E-state index contributed by atoms with van der Waals surface area (Å²) in [6.45, 7) is 2.01. The van der Waals surface area contributed by atoms with Gasteiger partial charge in [0.05, 0.1) is 5.88 Å². The van der Waals surface area contributed by atoms with Crippen molar-refractivity contribution in [1.82, 2.24) is 10.3 Å². The standard InChI is InChI=1S/C13H14N2O2S/c1-2-18-8-14-12(16)10-7-9-5-3-4-6-11(9)15-13(10)17/h3-7H,2,8H2,1H3,(H,14,16)(H,15,17). The number of carbonyl (C=O) groups excluding carboxylic acids is 1. The summed E-state index contributed by atoms with van der Waals surface area (Å²) in [7, 11) is 0. The molecule has 0 radical (unpaired) electrons. The SMILES string of the molecule is CCSCNC(=O)c1cc2ccccc2[nH]c1=O. The third kappa shape index (κ3) is 2.73. The Morgan fingerprint density at radius 2 is 2.17 bits per heavy atom. The lowest BCUT2D eigenvalue weighted by molar-refractivity contribution is 0.0959. The minimum atomic E-state index is -0.354. The minimum absolute atomic E-state index is 0.158. The molecule has 0 bridgehead atoms. The fourth-order valence-electron chi connectivity index (χ4n) is 1.63. The van der Waals surface area contributed by atoms with Gasteiger partial charge in [-0.15, -0.1) is 11.8 Å². The Balaban J connectivity index is 2.30. The number of rotatable bonds is 4. The molecule has 0 saturated carbocycles. The van der Waals surface area contributed by atoms with Gasteiger partial charge in [0.1, 0.15) is 5.56 Å². The molecule has 18 heavy (non-hydrogen) atoms. The zero-order valence-electron chi connectivity index (χ0n) is 10.0. The zero-order chi connectivity index (χ0) is 13.0. The fourth-order valence-corrected chi connectivity index (χ4v) is 2.07. The summed E-state index contributed by atoms with van der Waals surface area (Å²) in [6.07, 6.45) is 0. The molecular weight excluding hydrogens is 248 g/mol. The van der Waals surface area contributed by atoms with Gasteiger partial charge >= 0.3 is 0 Å². The molecule has 1 aromatic carbocycles. The number of H-pyrrole nitrogens is 1. The van der Waals surface area contributed by atoms with Gasteiger partial charge < -0.3 is 10.3 Å². The number of benzene rings is 1. The Morgan fingerprint density at radius 1 is 1.39 bits per heavy atom. The highest BCUT2D eigenvalue weighted by atomic mass is 32.2. The summed E-state index contributed by atoms with van der Waals surface area (Å²) in [5.41, 5.74) is 0.542. The Morgan fingerprint density at radius 3 is 2.94 bits per heavy atom. The molecule has 5 heteroatoms. The Hall–Kier alpha value is -1.75. The quantitative estimate of drug-likeness (QED) is 0.654. The largest absolute Gasteiger partial charge is 0.343 e. The van der Waals surface area contributed by atoms with E-state index in [-0.39, 0.29) is 17.0 Å². The molecule has 2 rings (SSSR count). The van der Waals surface area contributed by atoms with E-state index in [1.165, 1.54) is 0 Å². The molecule has 1 amide bonds. The summed E-state index contributed by atoms with van der Waals surface area (Å²) in [6, 6.07) is 9.01. The van der Waals surface area contributed by atoms with Crippen LogP contribution in [0.15, 0.2) is 35.1 Å². The van der Waals surface area contributed by atoms with Crippen LogP contribution in [0.5, 0.6) is 0 Å². The number of nitrogens with one attached hydrogen (secondary N) is 2. The number of pyridine rings is 1. The van der Waals surface area contributed by atoms with Crippen LogP contribution >= 0.6 is 11.8 Å². The van der Waals surface area contributed by atoms with Crippen molar-refractivity contribution in [2.24, 2.45) is 0 Å². The van der Waals surface area contributed by atoms with Gasteiger partial charge in [0.2, 0.25) is 0 Å². The highest BCUT2D eigenvalue weighted by Gasteiger charge is 2.10. The molecule has 0 atom stereocenters. The van der Waals surface area contributed by atoms with Gasteiger partial charge in [0, 0.05) is 5.52 Å².